The number of ether oxygens (including phenoxy) is 1. The molecule has 0 aliphatic heterocycles. The molecule has 1 N–H and O–H groups in total. The van der Waals surface area contributed by atoms with Crippen molar-refractivity contribution < 1.29 is 9.13 Å². The van der Waals surface area contributed by atoms with Crippen molar-refractivity contribution in [1.82, 2.24) is 9.97 Å². The molecule has 5 heteroatoms. The average Bonchev–Trinajstić information content (AvgIpc) is 2.50. The number of halogens is 1. The fraction of sp³-hybridized carbons (Fsp3) is 0.176. The third-order valence-electron chi connectivity index (χ3n) is 3.10. The van der Waals surface area contributed by atoms with Crippen LogP contribution in [0.3, 0.4) is 0 Å². The van der Waals surface area contributed by atoms with Crippen LogP contribution in [-0.4, -0.2) is 16.1 Å². The average molecular weight is 297 g/mol. The number of rotatable bonds is 4. The summed E-state index contributed by atoms with van der Waals surface area (Å²) in [6, 6.07) is 12.4. The van der Waals surface area contributed by atoms with E-state index in [9.17, 15) is 4.39 Å². The molecule has 4 nitrogen and oxygen atoms in total. The molecule has 22 heavy (non-hydrogen) atoms. The number of benzene rings is 2. The molecule has 0 unspecified atom stereocenters. The Kier molecular flexibility index (Phi) is 3.87. The van der Waals surface area contributed by atoms with E-state index in [1.165, 1.54) is 12.4 Å². The number of aromatic nitrogens is 2. The van der Waals surface area contributed by atoms with Crippen molar-refractivity contribution in [2.45, 2.75) is 20.0 Å². The predicted molar refractivity (Wildman–Crippen MR) is 85.0 cm³/mol. The number of fused-ring (bicyclic) bond motifs is 1. The van der Waals surface area contributed by atoms with Crippen LogP contribution >= 0.6 is 0 Å². The quantitative estimate of drug-likeness (QED) is 0.780. The maximum Gasteiger partial charge on any atom is 0.149 e. The second-order valence-corrected chi connectivity index (χ2v) is 5.17. The van der Waals surface area contributed by atoms with Gasteiger partial charge in [-0.1, -0.05) is 6.07 Å². The van der Waals surface area contributed by atoms with Crippen molar-refractivity contribution in [3.05, 3.63) is 54.6 Å². The lowest BCUT2D eigenvalue weighted by atomic mass is 10.2. The first kappa shape index (κ1) is 14.3. The standard InChI is InChI=1S/C17H16FN3O/c1-11(2)22-13-8-6-12(7-9-13)21-17-14-4-3-5-15(18)16(14)19-10-20-17/h3-11H,1-2H3,(H,19,20,21). The van der Waals surface area contributed by atoms with Crippen molar-refractivity contribution in [2.75, 3.05) is 5.32 Å². The zero-order valence-electron chi connectivity index (χ0n) is 12.4. The van der Waals surface area contributed by atoms with Gasteiger partial charge in [-0.2, -0.15) is 0 Å². The number of nitrogens with one attached hydrogen (secondary N) is 1. The van der Waals surface area contributed by atoms with E-state index in [0.29, 0.717) is 16.7 Å². The van der Waals surface area contributed by atoms with E-state index in [4.69, 9.17) is 4.74 Å². The lowest BCUT2D eigenvalue weighted by molar-refractivity contribution is 0.242. The summed E-state index contributed by atoms with van der Waals surface area (Å²) in [5, 5.41) is 3.82. The first-order chi connectivity index (χ1) is 10.6. The van der Waals surface area contributed by atoms with E-state index in [1.54, 1.807) is 12.1 Å². The van der Waals surface area contributed by atoms with E-state index >= 15 is 0 Å². The van der Waals surface area contributed by atoms with Gasteiger partial charge in [0.25, 0.3) is 0 Å². The molecule has 0 saturated carbocycles. The van der Waals surface area contributed by atoms with Gasteiger partial charge < -0.3 is 10.1 Å². The number of hydrogen-bond acceptors (Lipinski definition) is 4. The van der Waals surface area contributed by atoms with Crippen LogP contribution in [0.5, 0.6) is 5.75 Å². The highest BCUT2D eigenvalue weighted by Gasteiger charge is 2.07. The molecule has 0 radical (unpaired) electrons. The molecule has 1 aromatic heterocycles. The molecule has 0 aliphatic carbocycles. The Morgan fingerprint density at radius 3 is 2.55 bits per heavy atom. The van der Waals surface area contributed by atoms with Gasteiger partial charge in [0.1, 0.15) is 29.2 Å². The summed E-state index contributed by atoms with van der Waals surface area (Å²) in [5.74, 6) is 1.02. The van der Waals surface area contributed by atoms with Gasteiger partial charge in [0.15, 0.2) is 0 Å². The van der Waals surface area contributed by atoms with Gasteiger partial charge in [0.2, 0.25) is 0 Å². The van der Waals surface area contributed by atoms with Crippen LogP contribution < -0.4 is 10.1 Å². The summed E-state index contributed by atoms with van der Waals surface area (Å²) >= 11 is 0. The topological polar surface area (TPSA) is 47.0 Å². The van der Waals surface area contributed by atoms with E-state index in [0.717, 1.165) is 11.4 Å². The molecule has 0 spiro atoms. The van der Waals surface area contributed by atoms with Gasteiger partial charge >= 0.3 is 0 Å². The normalized spacial score (nSPS) is 10.9. The van der Waals surface area contributed by atoms with Gasteiger partial charge in [0.05, 0.1) is 6.10 Å². The molecule has 0 atom stereocenters. The number of hydrogen-bond donors (Lipinski definition) is 1. The van der Waals surface area contributed by atoms with Crippen molar-refractivity contribution >= 4 is 22.4 Å². The number of nitrogens with zero attached hydrogens (tertiary/aromatic N) is 2. The summed E-state index contributed by atoms with van der Waals surface area (Å²) in [6.07, 6.45) is 1.48. The van der Waals surface area contributed by atoms with Crippen LogP contribution in [0.4, 0.5) is 15.9 Å². The van der Waals surface area contributed by atoms with Crippen molar-refractivity contribution in [3.8, 4) is 5.75 Å². The Balaban J connectivity index is 1.89. The van der Waals surface area contributed by atoms with Crippen LogP contribution in [0.1, 0.15) is 13.8 Å². The fourth-order valence-electron chi connectivity index (χ4n) is 2.18. The Morgan fingerprint density at radius 2 is 1.82 bits per heavy atom. The highest BCUT2D eigenvalue weighted by Crippen LogP contribution is 2.25. The fourth-order valence-corrected chi connectivity index (χ4v) is 2.18. The first-order valence-electron chi connectivity index (χ1n) is 7.06. The maximum atomic E-state index is 13.7. The SMILES string of the molecule is CC(C)Oc1ccc(Nc2ncnc3c(F)cccc23)cc1. The Labute approximate surface area is 128 Å². The van der Waals surface area contributed by atoms with E-state index in [2.05, 4.69) is 15.3 Å². The Morgan fingerprint density at radius 1 is 1.05 bits per heavy atom. The van der Waals surface area contributed by atoms with E-state index < -0.39 is 0 Å². The van der Waals surface area contributed by atoms with Crippen LogP contribution in [0.25, 0.3) is 10.9 Å². The van der Waals surface area contributed by atoms with Gasteiger partial charge in [-0.25, -0.2) is 14.4 Å². The summed E-state index contributed by atoms with van der Waals surface area (Å²) < 4.78 is 19.3. The van der Waals surface area contributed by atoms with E-state index in [-0.39, 0.29) is 11.9 Å². The van der Waals surface area contributed by atoms with Crippen LogP contribution in [0.2, 0.25) is 0 Å². The zero-order chi connectivity index (χ0) is 15.5. The minimum absolute atomic E-state index is 0.132. The molecule has 0 fully saturated rings. The molecule has 112 valence electrons. The zero-order valence-corrected chi connectivity index (χ0v) is 12.4. The third-order valence-corrected chi connectivity index (χ3v) is 3.10. The Hall–Kier alpha value is -2.69. The summed E-state index contributed by atoms with van der Waals surface area (Å²) in [5.41, 5.74) is 1.15. The van der Waals surface area contributed by atoms with Gasteiger partial charge in [-0.05, 0) is 50.2 Å². The van der Waals surface area contributed by atoms with Crippen LogP contribution in [0, 0.1) is 5.82 Å². The largest absolute Gasteiger partial charge is 0.491 e. The highest BCUT2D eigenvalue weighted by atomic mass is 19.1. The van der Waals surface area contributed by atoms with E-state index in [1.807, 2.05) is 38.1 Å². The van der Waals surface area contributed by atoms with Crippen LogP contribution in [0.15, 0.2) is 48.8 Å². The monoisotopic (exact) mass is 297 g/mol. The molecular formula is C17H16FN3O. The second-order valence-electron chi connectivity index (χ2n) is 5.17. The minimum Gasteiger partial charge on any atom is -0.491 e. The summed E-state index contributed by atoms with van der Waals surface area (Å²) in [6.45, 7) is 3.96. The molecule has 1 heterocycles. The highest BCUT2D eigenvalue weighted by molar-refractivity contribution is 5.90. The molecule has 3 rings (SSSR count). The smallest absolute Gasteiger partial charge is 0.149 e. The first-order valence-corrected chi connectivity index (χ1v) is 7.06. The van der Waals surface area contributed by atoms with Crippen molar-refractivity contribution in [3.63, 3.8) is 0 Å². The second kappa shape index (κ2) is 5.97. The lowest BCUT2D eigenvalue weighted by Crippen LogP contribution is -2.05. The summed E-state index contributed by atoms with van der Waals surface area (Å²) in [4.78, 5) is 8.18. The molecule has 0 aliphatic rings. The third kappa shape index (κ3) is 2.98. The van der Waals surface area contributed by atoms with Crippen LogP contribution in [-0.2, 0) is 0 Å². The molecule has 3 aromatic rings. The molecule has 2 aromatic carbocycles. The molecule has 0 saturated heterocycles. The van der Waals surface area contributed by atoms with Gasteiger partial charge in [-0.15, -0.1) is 0 Å². The lowest BCUT2D eigenvalue weighted by Gasteiger charge is -2.11. The minimum atomic E-state index is -0.358. The predicted octanol–water partition coefficient (Wildman–Crippen LogP) is 4.30. The Bertz CT molecular complexity index is 788. The maximum absolute atomic E-state index is 13.7. The number of para-hydroxylation sites is 1. The van der Waals surface area contributed by atoms with Gasteiger partial charge in [-0.3, -0.25) is 0 Å². The van der Waals surface area contributed by atoms with Crippen molar-refractivity contribution in [2.24, 2.45) is 0 Å². The molecular weight excluding hydrogens is 281 g/mol. The molecule has 0 amide bonds. The number of anilines is 2. The van der Waals surface area contributed by atoms with Crippen molar-refractivity contribution in [1.29, 1.82) is 0 Å². The summed E-state index contributed by atoms with van der Waals surface area (Å²) in [7, 11) is 0. The molecule has 0 bridgehead atoms. The van der Waals surface area contributed by atoms with Gasteiger partial charge in [0, 0.05) is 11.1 Å².